The highest BCUT2D eigenvalue weighted by Gasteiger charge is 2.36. The lowest BCUT2D eigenvalue weighted by Gasteiger charge is -2.22. The van der Waals surface area contributed by atoms with Crippen LogP contribution < -0.4 is 4.74 Å². The Morgan fingerprint density at radius 2 is 2.25 bits per heavy atom. The van der Waals surface area contributed by atoms with Crippen LogP contribution in [0.4, 0.5) is 0 Å². The van der Waals surface area contributed by atoms with Crippen molar-refractivity contribution in [2.75, 3.05) is 6.61 Å². The van der Waals surface area contributed by atoms with Crippen molar-refractivity contribution in [1.29, 1.82) is 0 Å². The summed E-state index contributed by atoms with van der Waals surface area (Å²) in [6.07, 6.45) is 1.53. The Bertz CT molecular complexity index is 587. The number of fused-ring (bicyclic) bond motifs is 1. The highest BCUT2D eigenvalue weighted by atomic mass is 79.9. The molecule has 1 unspecified atom stereocenters. The topological polar surface area (TPSA) is 66.8 Å². The Labute approximate surface area is 124 Å². The molecular formula is C14H14BrNO4. The van der Waals surface area contributed by atoms with Gasteiger partial charge in [0.2, 0.25) is 5.91 Å². The molecule has 1 aromatic rings. The number of likely N-dealkylation sites (tertiary alicyclic amines) is 1. The monoisotopic (exact) mass is 339 g/mol. The molecule has 1 N–H and O–H groups in total. The first-order valence-electron chi connectivity index (χ1n) is 6.52. The maximum Gasteiger partial charge on any atom is 0.326 e. The van der Waals surface area contributed by atoms with Crippen molar-refractivity contribution in [2.45, 2.75) is 31.8 Å². The molecule has 5 nitrogen and oxygen atoms in total. The maximum absolute atomic E-state index is 11.9. The fraction of sp³-hybridized carbons (Fsp3) is 0.429. The minimum Gasteiger partial charge on any atom is -0.493 e. The summed E-state index contributed by atoms with van der Waals surface area (Å²) in [6.45, 7) is 0.923. The van der Waals surface area contributed by atoms with Crippen LogP contribution in [0.5, 0.6) is 5.75 Å². The second kappa shape index (κ2) is 5.09. The van der Waals surface area contributed by atoms with E-state index < -0.39 is 12.0 Å². The van der Waals surface area contributed by atoms with Crippen LogP contribution in [0.25, 0.3) is 0 Å². The Morgan fingerprint density at radius 1 is 1.45 bits per heavy atom. The summed E-state index contributed by atoms with van der Waals surface area (Å²) in [7, 11) is 0. The van der Waals surface area contributed by atoms with Gasteiger partial charge in [0.05, 0.1) is 13.2 Å². The Morgan fingerprint density at radius 3 is 3.00 bits per heavy atom. The number of ether oxygens (including phenoxy) is 1. The molecule has 3 rings (SSSR count). The predicted octanol–water partition coefficient (Wildman–Crippen LogP) is 1.96. The van der Waals surface area contributed by atoms with Gasteiger partial charge in [0.15, 0.2) is 0 Å². The zero-order chi connectivity index (χ0) is 14.3. The molecule has 1 atom stereocenters. The molecular weight excluding hydrogens is 326 g/mol. The largest absolute Gasteiger partial charge is 0.493 e. The fourth-order valence-electron chi connectivity index (χ4n) is 2.84. The molecule has 0 radical (unpaired) electrons. The number of nitrogens with zero attached hydrogens (tertiary/aromatic N) is 1. The van der Waals surface area contributed by atoms with Crippen molar-refractivity contribution in [3.05, 3.63) is 27.7 Å². The van der Waals surface area contributed by atoms with E-state index in [0.29, 0.717) is 19.4 Å². The molecule has 0 spiro atoms. The zero-order valence-corrected chi connectivity index (χ0v) is 12.4. The molecule has 2 aliphatic heterocycles. The minimum atomic E-state index is -0.941. The lowest BCUT2D eigenvalue weighted by Crippen LogP contribution is -2.38. The third-order valence-corrected chi connectivity index (χ3v) is 4.24. The van der Waals surface area contributed by atoms with Crippen molar-refractivity contribution in [3.63, 3.8) is 0 Å². The van der Waals surface area contributed by atoms with Crippen molar-refractivity contribution in [3.8, 4) is 5.75 Å². The van der Waals surface area contributed by atoms with Gasteiger partial charge in [0.1, 0.15) is 11.8 Å². The smallest absolute Gasteiger partial charge is 0.326 e. The summed E-state index contributed by atoms with van der Waals surface area (Å²) < 4.78 is 6.55. The van der Waals surface area contributed by atoms with E-state index in [4.69, 9.17) is 4.74 Å². The van der Waals surface area contributed by atoms with Crippen molar-refractivity contribution in [1.82, 2.24) is 4.90 Å². The van der Waals surface area contributed by atoms with E-state index in [-0.39, 0.29) is 12.5 Å². The third kappa shape index (κ3) is 2.28. The Hall–Kier alpha value is -1.56. The van der Waals surface area contributed by atoms with Gasteiger partial charge in [-0.05, 0) is 24.1 Å². The highest BCUT2D eigenvalue weighted by molar-refractivity contribution is 9.10. The number of carbonyl (C=O) groups excluding carboxylic acids is 1. The summed E-state index contributed by atoms with van der Waals surface area (Å²) in [6, 6.07) is 3.18. The number of carbonyl (C=O) groups is 2. The first-order chi connectivity index (χ1) is 9.56. The molecule has 0 aliphatic carbocycles. The van der Waals surface area contributed by atoms with E-state index in [1.54, 1.807) is 0 Å². The van der Waals surface area contributed by atoms with Crippen LogP contribution in [0.3, 0.4) is 0 Å². The maximum atomic E-state index is 11.9. The van der Waals surface area contributed by atoms with E-state index in [2.05, 4.69) is 15.9 Å². The van der Waals surface area contributed by atoms with Crippen LogP contribution in [-0.2, 0) is 22.6 Å². The number of hydrogen-bond acceptors (Lipinski definition) is 3. The van der Waals surface area contributed by atoms with E-state index in [9.17, 15) is 14.7 Å². The minimum absolute atomic E-state index is 0.107. The second-order valence-electron chi connectivity index (χ2n) is 5.07. The molecule has 106 valence electrons. The summed E-state index contributed by atoms with van der Waals surface area (Å²) in [4.78, 5) is 24.5. The standard InChI is InChI=1S/C14H14BrNO4/c15-10-5-8-3-4-20-13(8)9(6-10)7-16-11(14(18)19)1-2-12(16)17/h5-6,11H,1-4,7H2,(H,18,19). The average Bonchev–Trinajstić information content (AvgIpc) is 2.97. The van der Waals surface area contributed by atoms with Crippen molar-refractivity contribution >= 4 is 27.8 Å². The van der Waals surface area contributed by atoms with Gasteiger partial charge in [-0.3, -0.25) is 4.79 Å². The van der Waals surface area contributed by atoms with E-state index in [1.807, 2.05) is 12.1 Å². The van der Waals surface area contributed by atoms with Gasteiger partial charge in [0.25, 0.3) is 0 Å². The van der Waals surface area contributed by atoms with Crippen LogP contribution in [0, 0.1) is 0 Å². The quantitative estimate of drug-likeness (QED) is 0.914. The molecule has 1 aromatic carbocycles. The summed E-state index contributed by atoms with van der Waals surface area (Å²) in [5, 5.41) is 9.19. The number of rotatable bonds is 3. The Balaban J connectivity index is 1.91. The molecule has 2 aliphatic rings. The van der Waals surface area contributed by atoms with E-state index >= 15 is 0 Å². The molecule has 1 fully saturated rings. The van der Waals surface area contributed by atoms with E-state index in [1.165, 1.54) is 4.90 Å². The van der Waals surface area contributed by atoms with Crippen molar-refractivity contribution < 1.29 is 19.4 Å². The number of amides is 1. The number of carboxylic acid groups (broad SMARTS) is 1. The molecule has 2 heterocycles. The first kappa shape index (κ1) is 13.4. The molecule has 0 saturated carbocycles. The number of aliphatic carboxylic acids is 1. The molecule has 6 heteroatoms. The summed E-state index contributed by atoms with van der Waals surface area (Å²) in [5.41, 5.74) is 1.97. The van der Waals surface area contributed by atoms with Crippen LogP contribution in [-0.4, -0.2) is 34.5 Å². The average molecular weight is 340 g/mol. The highest BCUT2D eigenvalue weighted by Crippen LogP contribution is 2.35. The molecule has 20 heavy (non-hydrogen) atoms. The predicted molar refractivity (Wildman–Crippen MR) is 74.5 cm³/mol. The third-order valence-electron chi connectivity index (χ3n) is 3.78. The molecule has 0 aromatic heterocycles. The van der Waals surface area contributed by atoms with Gasteiger partial charge in [-0.1, -0.05) is 15.9 Å². The zero-order valence-electron chi connectivity index (χ0n) is 10.8. The summed E-state index contributed by atoms with van der Waals surface area (Å²) >= 11 is 3.45. The second-order valence-corrected chi connectivity index (χ2v) is 5.98. The van der Waals surface area contributed by atoms with Crippen LogP contribution >= 0.6 is 15.9 Å². The van der Waals surface area contributed by atoms with Crippen LogP contribution in [0.1, 0.15) is 24.0 Å². The SMILES string of the molecule is O=C(O)C1CCC(=O)N1Cc1cc(Br)cc2c1OCC2. The summed E-state index contributed by atoms with van der Waals surface area (Å²) in [5.74, 6) is -0.246. The van der Waals surface area contributed by atoms with Gasteiger partial charge < -0.3 is 14.7 Å². The molecule has 0 bridgehead atoms. The fourth-order valence-corrected chi connectivity index (χ4v) is 3.39. The number of benzene rings is 1. The lowest BCUT2D eigenvalue weighted by molar-refractivity contribution is -0.146. The Kier molecular flexibility index (Phi) is 3.41. The van der Waals surface area contributed by atoms with Gasteiger partial charge in [-0.15, -0.1) is 0 Å². The van der Waals surface area contributed by atoms with Gasteiger partial charge in [-0.25, -0.2) is 4.79 Å². The normalized spacial score (nSPS) is 20.9. The number of carboxylic acids is 1. The number of hydrogen-bond donors (Lipinski definition) is 1. The number of halogens is 1. The van der Waals surface area contributed by atoms with Gasteiger partial charge in [-0.2, -0.15) is 0 Å². The first-order valence-corrected chi connectivity index (χ1v) is 7.32. The van der Waals surface area contributed by atoms with Gasteiger partial charge >= 0.3 is 5.97 Å². The lowest BCUT2D eigenvalue weighted by atomic mass is 10.1. The van der Waals surface area contributed by atoms with E-state index in [0.717, 1.165) is 27.8 Å². The van der Waals surface area contributed by atoms with Gasteiger partial charge in [0, 0.05) is 22.9 Å². The van der Waals surface area contributed by atoms with Crippen molar-refractivity contribution in [2.24, 2.45) is 0 Å². The van der Waals surface area contributed by atoms with Crippen LogP contribution in [0.2, 0.25) is 0 Å². The van der Waals surface area contributed by atoms with Crippen LogP contribution in [0.15, 0.2) is 16.6 Å². The molecule has 1 saturated heterocycles. The molecule has 1 amide bonds.